The van der Waals surface area contributed by atoms with E-state index < -0.39 is 0 Å². The number of aryl methyl sites for hydroxylation is 1. The maximum Gasteiger partial charge on any atom is 0.262 e. The molecule has 1 amide bonds. The van der Waals surface area contributed by atoms with Crippen molar-refractivity contribution in [2.45, 2.75) is 24.9 Å². The molecule has 1 aliphatic rings. The molecule has 126 valence electrons. The first-order valence-corrected chi connectivity index (χ1v) is 8.34. The lowest BCUT2D eigenvalue weighted by molar-refractivity contribution is -0.195. The van der Waals surface area contributed by atoms with Gasteiger partial charge in [-0.05, 0) is 37.6 Å². The van der Waals surface area contributed by atoms with Gasteiger partial charge in [-0.3, -0.25) is 9.69 Å². The highest BCUT2D eigenvalue weighted by atomic mass is 35.5. The molecule has 0 fully saturated rings. The van der Waals surface area contributed by atoms with E-state index in [0.29, 0.717) is 21.2 Å². The Hall–Kier alpha value is -1.77. The average molecular weight is 366 g/mol. The fourth-order valence-corrected chi connectivity index (χ4v) is 3.39. The SMILES string of the molecule is Cc1ccccc1N1C(=O)c2cc(SOON)c(Cl)cc2NC1C. The molecule has 1 aliphatic heterocycles. The summed E-state index contributed by atoms with van der Waals surface area (Å²) in [6, 6.07) is 11.1. The highest BCUT2D eigenvalue weighted by molar-refractivity contribution is 7.94. The summed E-state index contributed by atoms with van der Waals surface area (Å²) >= 11 is 7.05. The van der Waals surface area contributed by atoms with Crippen molar-refractivity contribution < 1.29 is 14.1 Å². The van der Waals surface area contributed by atoms with Gasteiger partial charge >= 0.3 is 0 Å². The summed E-state index contributed by atoms with van der Waals surface area (Å²) < 4.78 is 4.64. The van der Waals surface area contributed by atoms with Crippen LogP contribution in [-0.4, -0.2) is 12.1 Å². The number of rotatable bonds is 4. The van der Waals surface area contributed by atoms with Crippen molar-refractivity contribution in [3.63, 3.8) is 0 Å². The van der Waals surface area contributed by atoms with E-state index in [0.717, 1.165) is 23.3 Å². The number of fused-ring (bicyclic) bond motifs is 1. The van der Waals surface area contributed by atoms with E-state index in [2.05, 4.69) is 14.6 Å². The summed E-state index contributed by atoms with van der Waals surface area (Å²) in [6.45, 7) is 3.90. The second kappa shape index (κ2) is 7.00. The number of hydrogen-bond donors (Lipinski definition) is 2. The third-order valence-corrected chi connectivity index (χ3v) is 4.90. The first-order chi connectivity index (χ1) is 11.5. The average Bonchev–Trinajstić information content (AvgIpc) is 2.55. The van der Waals surface area contributed by atoms with Gasteiger partial charge in [0.25, 0.3) is 5.91 Å². The van der Waals surface area contributed by atoms with E-state index in [1.165, 1.54) is 0 Å². The minimum atomic E-state index is -0.204. The Morgan fingerprint density at radius 1 is 1.33 bits per heavy atom. The molecule has 6 nitrogen and oxygen atoms in total. The third kappa shape index (κ3) is 3.09. The summed E-state index contributed by atoms with van der Waals surface area (Å²) in [7, 11) is 0. The lowest BCUT2D eigenvalue weighted by Gasteiger charge is -2.37. The van der Waals surface area contributed by atoms with Crippen molar-refractivity contribution in [2.75, 3.05) is 10.2 Å². The molecule has 3 N–H and O–H groups in total. The zero-order valence-corrected chi connectivity index (χ0v) is 14.6. The van der Waals surface area contributed by atoms with E-state index in [1.807, 2.05) is 38.1 Å². The normalized spacial score (nSPS) is 16.8. The van der Waals surface area contributed by atoms with Crippen LogP contribution in [0.1, 0.15) is 22.8 Å². The fourth-order valence-electron chi connectivity index (χ4n) is 2.72. The molecular weight excluding hydrogens is 350 g/mol. The molecule has 0 aromatic heterocycles. The van der Waals surface area contributed by atoms with Crippen molar-refractivity contribution in [3.8, 4) is 0 Å². The molecule has 24 heavy (non-hydrogen) atoms. The molecule has 8 heteroatoms. The number of carbonyl (C=O) groups excluding carboxylic acids is 1. The zero-order valence-electron chi connectivity index (χ0n) is 13.1. The van der Waals surface area contributed by atoms with Crippen LogP contribution in [0.4, 0.5) is 11.4 Å². The number of anilines is 2. The molecule has 0 spiro atoms. The minimum absolute atomic E-state index is 0.113. The number of nitrogens with two attached hydrogens (primary N) is 1. The van der Waals surface area contributed by atoms with Crippen molar-refractivity contribution >= 4 is 40.9 Å². The molecule has 1 heterocycles. The number of benzene rings is 2. The van der Waals surface area contributed by atoms with Crippen LogP contribution in [0.3, 0.4) is 0 Å². The van der Waals surface area contributed by atoms with Crippen LogP contribution in [0.15, 0.2) is 41.3 Å². The van der Waals surface area contributed by atoms with Gasteiger partial charge in [0.05, 0.1) is 33.2 Å². The summed E-state index contributed by atoms with van der Waals surface area (Å²) in [5, 5.41) is 3.74. The minimum Gasteiger partial charge on any atom is -0.364 e. The van der Waals surface area contributed by atoms with Crippen LogP contribution in [0.25, 0.3) is 0 Å². The lowest BCUT2D eigenvalue weighted by Crippen LogP contribution is -2.47. The number of halogens is 1. The lowest BCUT2D eigenvalue weighted by atomic mass is 10.1. The maximum atomic E-state index is 13.1. The van der Waals surface area contributed by atoms with Gasteiger partial charge in [-0.25, -0.2) is 0 Å². The smallest absolute Gasteiger partial charge is 0.262 e. The molecule has 1 atom stereocenters. The van der Waals surface area contributed by atoms with E-state index in [4.69, 9.17) is 17.5 Å². The second-order valence-corrected chi connectivity index (χ2v) is 6.51. The molecule has 0 radical (unpaired) electrons. The Morgan fingerprint density at radius 3 is 2.79 bits per heavy atom. The predicted octanol–water partition coefficient (Wildman–Crippen LogP) is 3.90. The molecule has 2 aromatic carbocycles. The molecule has 1 unspecified atom stereocenters. The van der Waals surface area contributed by atoms with E-state index >= 15 is 0 Å². The topological polar surface area (TPSA) is 76.8 Å². The van der Waals surface area contributed by atoms with Gasteiger partial charge in [0.2, 0.25) is 0 Å². The van der Waals surface area contributed by atoms with Gasteiger partial charge in [-0.1, -0.05) is 29.8 Å². The molecule has 2 aromatic rings. The standard InChI is InChI=1S/C16H16ClN3O3S/c1-9-5-3-4-6-14(9)20-10(2)19-13-8-12(17)15(24-23-22-18)7-11(13)16(20)21/h3-8,10,19H,18H2,1-2H3. The number of amides is 1. The number of para-hydroxylation sites is 1. The van der Waals surface area contributed by atoms with Gasteiger partial charge in [0, 0.05) is 5.69 Å². The first kappa shape index (κ1) is 17.1. The molecule has 0 aliphatic carbocycles. The van der Waals surface area contributed by atoms with E-state index in [9.17, 15) is 4.79 Å². The summed E-state index contributed by atoms with van der Waals surface area (Å²) in [6.07, 6.45) is -0.204. The van der Waals surface area contributed by atoms with Crippen molar-refractivity contribution in [1.82, 2.24) is 0 Å². The summed E-state index contributed by atoms with van der Waals surface area (Å²) in [5.41, 5.74) is 3.06. The van der Waals surface area contributed by atoms with E-state index in [-0.39, 0.29) is 12.1 Å². The fraction of sp³-hybridized carbons (Fsp3) is 0.188. The van der Waals surface area contributed by atoms with Gasteiger partial charge in [-0.2, -0.15) is 5.90 Å². The van der Waals surface area contributed by atoms with Crippen LogP contribution in [0.5, 0.6) is 0 Å². The predicted molar refractivity (Wildman–Crippen MR) is 94.7 cm³/mol. The Balaban J connectivity index is 2.03. The van der Waals surface area contributed by atoms with Crippen molar-refractivity contribution in [3.05, 3.63) is 52.5 Å². The summed E-state index contributed by atoms with van der Waals surface area (Å²) in [4.78, 5) is 19.4. The highest BCUT2D eigenvalue weighted by Gasteiger charge is 2.32. The Morgan fingerprint density at radius 2 is 2.08 bits per heavy atom. The second-order valence-electron chi connectivity index (χ2n) is 5.36. The van der Waals surface area contributed by atoms with Crippen LogP contribution >= 0.6 is 23.6 Å². The Labute approximate surface area is 148 Å². The van der Waals surface area contributed by atoms with Crippen molar-refractivity contribution in [1.29, 1.82) is 0 Å². The van der Waals surface area contributed by atoms with Crippen LogP contribution in [-0.2, 0) is 9.32 Å². The van der Waals surface area contributed by atoms with Crippen LogP contribution < -0.4 is 16.1 Å². The first-order valence-electron chi connectivity index (χ1n) is 7.22. The monoisotopic (exact) mass is 365 g/mol. The number of nitrogens with one attached hydrogen (secondary N) is 1. The summed E-state index contributed by atoms with van der Waals surface area (Å²) in [5.74, 6) is 4.74. The molecular formula is C16H16ClN3O3S. The quantitative estimate of drug-likeness (QED) is 0.486. The maximum absolute atomic E-state index is 13.1. The number of hydrogen-bond acceptors (Lipinski definition) is 6. The van der Waals surface area contributed by atoms with Gasteiger partial charge in [0.1, 0.15) is 6.17 Å². The Bertz CT molecular complexity index is 787. The van der Waals surface area contributed by atoms with E-state index in [1.54, 1.807) is 17.0 Å². The van der Waals surface area contributed by atoms with Crippen LogP contribution in [0, 0.1) is 6.92 Å². The van der Waals surface area contributed by atoms with Gasteiger partial charge in [-0.15, -0.1) is 9.32 Å². The van der Waals surface area contributed by atoms with Gasteiger partial charge < -0.3 is 5.32 Å². The largest absolute Gasteiger partial charge is 0.364 e. The highest BCUT2D eigenvalue weighted by Crippen LogP contribution is 2.37. The number of nitrogens with zero attached hydrogens (tertiary/aromatic N) is 1. The van der Waals surface area contributed by atoms with Crippen LogP contribution in [0.2, 0.25) is 5.02 Å². The molecule has 0 saturated carbocycles. The van der Waals surface area contributed by atoms with Crippen molar-refractivity contribution in [2.24, 2.45) is 5.90 Å². The molecule has 0 saturated heterocycles. The zero-order chi connectivity index (χ0) is 17.3. The number of carbonyl (C=O) groups is 1. The third-order valence-electron chi connectivity index (χ3n) is 3.81. The van der Waals surface area contributed by atoms with Gasteiger partial charge in [0.15, 0.2) is 0 Å². The molecule has 3 rings (SSSR count). The Kier molecular flexibility index (Phi) is 4.98. The molecule has 0 bridgehead atoms.